The van der Waals surface area contributed by atoms with Gasteiger partial charge in [0, 0.05) is 25.0 Å². The molecule has 0 aliphatic heterocycles. The van der Waals surface area contributed by atoms with Gasteiger partial charge in [0.15, 0.2) is 5.58 Å². The fraction of sp³-hybridized carbons (Fsp3) is 0.353. The lowest BCUT2D eigenvalue weighted by Gasteiger charge is -2.22. The number of fused-ring (bicyclic) bond motifs is 1. The Balaban J connectivity index is 1.73. The van der Waals surface area contributed by atoms with Crippen molar-refractivity contribution in [2.75, 3.05) is 0 Å². The minimum Gasteiger partial charge on any atom is -0.408 e. The van der Waals surface area contributed by atoms with Gasteiger partial charge in [-0.05, 0) is 18.1 Å². The maximum atomic E-state index is 12.4. The van der Waals surface area contributed by atoms with Crippen LogP contribution in [0, 0.1) is 5.92 Å². The normalized spacial score (nSPS) is 12.6. The third kappa shape index (κ3) is 3.40. The molecular formula is C17H20N4O3. The van der Waals surface area contributed by atoms with Crippen LogP contribution >= 0.6 is 0 Å². The van der Waals surface area contributed by atoms with Crippen LogP contribution in [0.4, 0.5) is 0 Å². The molecule has 2 aromatic heterocycles. The number of amides is 1. The van der Waals surface area contributed by atoms with Crippen molar-refractivity contribution < 1.29 is 9.21 Å². The maximum absolute atomic E-state index is 12.4. The first kappa shape index (κ1) is 16.0. The summed E-state index contributed by atoms with van der Waals surface area (Å²) in [6.07, 6.45) is 5.28. The van der Waals surface area contributed by atoms with Crippen LogP contribution in [0.3, 0.4) is 0 Å². The standard InChI is InChI=1S/C17H20N4O3/c1-12(2)13(9-20-8-7-18-11-20)19-16(22)10-21-14-5-3-4-6-15(14)24-17(21)23/h3-8,11-13H,9-10H2,1-2H3,(H,19,22). The number of rotatable bonds is 6. The van der Waals surface area contributed by atoms with E-state index in [4.69, 9.17) is 4.42 Å². The summed E-state index contributed by atoms with van der Waals surface area (Å²) in [5.74, 6) is -0.501. The molecule has 1 atom stereocenters. The van der Waals surface area contributed by atoms with E-state index in [0.29, 0.717) is 17.6 Å². The van der Waals surface area contributed by atoms with Crippen molar-refractivity contribution in [2.45, 2.75) is 33.0 Å². The molecule has 1 N–H and O–H groups in total. The second kappa shape index (κ2) is 6.74. The van der Waals surface area contributed by atoms with Crippen molar-refractivity contribution in [1.82, 2.24) is 19.4 Å². The summed E-state index contributed by atoms with van der Waals surface area (Å²) in [6.45, 7) is 4.65. The number of para-hydroxylation sites is 2. The number of benzene rings is 1. The van der Waals surface area contributed by atoms with E-state index in [9.17, 15) is 9.59 Å². The van der Waals surface area contributed by atoms with E-state index in [1.165, 1.54) is 4.57 Å². The molecule has 0 radical (unpaired) electrons. The van der Waals surface area contributed by atoms with Crippen LogP contribution < -0.4 is 11.1 Å². The van der Waals surface area contributed by atoms with Crippen molar-refractivity contribution in [3.05, 3.63) is 53.5 Å². The van der Waals surface area contributed by atoms with Crippen LogP contribution in [-0.2, 0) is 17.9 Å². The average molecular weight is 328 g/mol. The number of carbonyl (C=O) groups excluding carboxylic acids is 1. The molecule has 0 aliphatic rings. The first-order valence-electron chi connectivity index (χ1n) is 7.88. The summed E-state index contributed by atoms with van der Waals surface area (Å²) >= 11 is 0. The van der Waals surface area contributed by atoms with Crippen molar-refractivity contribution in [1.29, 1.82) is 0 Å². The molecule has 3 rings (SSSR count). The highest BCUT2D eigenvalue weighted by Crippen LogP contribution is 2.12. The second-order valence-corrected chi connectivity index (χ2v) is 6.10. The Bertz CT molecular complexity index is 877. The molecule has 126 valence electrons. The second-order valence-electron chi connectivity index (χ2n) is 6.10. The van der Waals surface area contributed by atoms with Gasteiger partial charge < -0.3 is 14.3 Å². The molecule has 24 heavy (non-hydrogen) atoms. The number of imidazole rings is 1. The minimum atomic E-state index is -0.526. The van der Waals surface area contributed by atoms with Crippen LogP contribution in [0.2, 0.25) is 0 Å². The fourth-order valence-corrected chi connectivity index (χ4v) is 2.60. The molecule has 0 fully saturated rings. The average Bonchev–Trinajstić information content (AvgIpc) is 3.15. The number of hydrogen-bond acceptors (Lipinski definition) is 4. The van der Waals surface area contributed by atoms with E-state index in [1.807, 2.05) is 30.7 Å². The first-order chi connectivity index (χ1) is 11.5. The summed E-state index contributed by atoms with van der Waals surface area (Å²) in [4.78, 5) is 28.4. The molecule has 1 amide bonds. The van der Waals surface area contributed by atoms with Gasteiger partial charge in [0.25, 0.3) is 0 Å². The third-order valence-electron chi connectivity index (χ3n) is 3.99. The molecule has 3 aromatic rings. The van der Waals surface area contributed by atoms with E-state index < -0.39 is 5.76 Å². The minimum absolute atomic E-state index is 0.0550. The number of nitrogens with zero attached hydrogens (tertiary/aromatic N) is 3. The van der Waals surface area contributed by atoms with Gasteiger partial charge in [-0.25, -0.2) is 9.78 Å². The molecule has 2 heterocycles. The molecule has 0 spiro atoms. The molecular weight excluding hydrogens is 308 g/mol. The Hall–Kier alpha value is -2.83. The van der Waals surface area contributed by atoms with Gasteiger partial charge >= 0.3 is 5.76 Å². The lowest BCUT2D eigenvalue weighted by atomic mass is 10.0. The van der Waals surface area contributed by atoms with Crippen LogP contribution in [0.15, 0.2) is 52.2 Å². The number of nitrogens with one attached hydrogen (secondary N) is 1. The van der Waals surface area contributed by atoms with Crippen molar-refractivity contribution >= 4 is 17.0 Å². The highest BCUT2D eigenvalue weighted by molar-refractivity contribution is 5.79. The highest BCUT2D eigenvalue weighted by atomic mass is 16.4. The van der Waals surface area contributed by atoms with Crippen molar-refractivity contribution in [3.63, 3.8) is 0 Å². The fourth-order valence-electron chi connectivity index (χ4n) is 2.60. The summed E-state index contributed by atoms with van der Waals surface area (Å²) in [5, 5.41) is 3.00. The van der Waals surface area contributed by atoms with Crippen molar-refractivity contribution in [2.24, 2.45) is 5.92 Å². The quantitative estimate of drug-likeness (QED) is 0.745. The molecule has 0 saturated carbocycles. The number of aromatic nitrogens is 3. The van der Waals surface area contributed by atoms with E-state index in [1.54, 1.807) is 30.7 Å². The van der Waals surface area contributed by atoms with Crippen molar-refractivity contribution in [3.8, 4) is 0 Å². The maximum Gasteiger partial charge on any atom is 0.420 e. The van der Waals surface area contributed by atoms with Crippen LogP contribution in [0.5, 0.6) is 0 Å². The Morgan fingerprint density at radius 2 is 2.12 bits per heavy atom. The third-order valence-corrected chi connectivity index (χ3v) is 3.99. The van der Waals surface area contributed by atoms with E-state index in [0.717, 1.165) is 0 Å². The predicted molar refractivity (Wildman–Crippen MR) is 89.5 cm³/mol. The summed E-state index contributed by atoms with van der Waals surface area (Å²) in [5.41, 5.74) is 1.10. The lowest BCUT2D eigenvalue weighted by Crippen LogP contribution is -2.43. The smallest absolute Gasteiger partial charge is 0.408 e. The van der Waals surface area contributed by atoms with E-state index in [-0.39, 0.29) is 24.4 Å². The molecule has 0 saturated heterocycles. The van der Waals surface area contributed by atoms with E-state index >= 15 is 0 Å². The summed E-state index contributed by atoms with van der Waals surface area (Å²) < 4.78 is 8.42. The zero-order valence-corrected chi connectivity index (χ0v) is 13.7. The zero-order chi connectivity index (χ0) is 17.1. The SMILES string of the molecule is CC(C)C(Cn1ccnc1)NC(=O)Cn1c(=O)oc2ccccc21. The first-order valence-corrected chi connectivity index (χ1v) is 7.88. The monoisotopic (exact) mass is 328 g/mol. The van der Waals surface area contributed by atoms with Crippen LogP contribution in [0.1, 0.15) is 13.8 Å². The van der Waals surface area contributed by atoms with Gasteiger partial charge in [-0.3, -0.25) is 9.36 Å². The van der Waals surface area contributed by atoms with Gasteiger partial charge in [-0.1, -0.05) is 26.0 Å². The number of oxazole rings is 1. The number of carbonyl (C=O) groups is 1. The van der Waals surface area contributed by atoms with Crippen LogP contribution in [-0.4, -0.2) is 26.1 Å². The summed E-state index contributed by atoms with van der Waals surface area (Å²) in [7, 11) is 0. The van der Waals surface area contributed by atoms with Gasteiger partial charge in [0.2, 0.25) is 5.91 Å². The predicted octanol–water partition coefficient (Wildman–Crippen LogP) is 1.63. The van der Waals surface area contributed by atoms with Gasteiger partial charge in [0.05, 0.1) is 11.8 Å². The van der Waals surface area contributed by atoms with Gasteiger partial charge in [-0.15, -0.1) is 0 Å². The van der Waals surface area contributed by atoms with E-state index in [2.05, 4.69) is 10.3 Å². The zero-order valence-electron chi connectivity index (χ0n) is 13.7. The molecule has 0 aliphatic carbocycles. The van der Waals surface area contributed by atoms with Gasteiger partial charge in [-0.2, -0.15) is 0 Å². The number of hydrogen-bond donors (Lipinski definition) is 1. The molecule has 7 heteroatoms. The van der Waals surface area contributed by atoms with Gasteiger partial charge in [0.1, 0.15) is 6.54 Å². The topological polar surface area (TPSA) is 82.1 Å². The Morgan fingerprint density at radius 3 is 2.83 bits per heavy atom. The Kier molecular flexibility index (Phi) is 4.50. The van der Waals surface area contributed by atoms with Crippen LogP contribution in [0.25, 0.3) is 11.1 Å². The molecule has 1 unspecified atom stereocenters. The molecule has 1 aromatic carbocycles. The molecule has 7 nitrogen and oxygen atoms in total. The lowest BCUT2D eigenvalue weighted by molar-refractivity contribution is -0.122. The Morgan fingerprint density at radius 1 is 1.33 bits per heavy atom. The molecule has 0 bridgehead atoms. The summed E-state index contributed by atoms with van der Waals surface area (Å²) in [6, 6.07) is 7.01. The Labute approximate surface area is 138 Å². The highest BCUT2D eigenvalue weighted by Gasteiger charge is 2.18. The largest absolute Gasteiger partial charge is 0.420 e.